The smallest absolute Gasteiger partial charge is 0.326 e. The lowest BCUT2D eigenvalue weighted by Gasteiger charge is -2.23. The van der Waals surface area contributed by atoms with Gasteiger partial charge in [-0.2, -0.15) is 0 Å². The van der Waals surface area contributed by atoms with E-state index in [9.17, 15) is 39.0 Å². The number of primary amides is 1. The molecule has 4 atom stereocenters. The molecule has 15 heteroatoms. The van der Waals surface area contributed by atoms with Crippen LogP contribution in [-0.2, 0) is 28.8 Å². The molecular formula is C18H32N6O9. The van der Waals surface area contributed by atoms with Crippen LogP contribution < -0.4 is 33.2 Å². The van der Waals surface area contributed by atoms with Crippen LogP contribution in [0, 0.1) is 0 Å². The van der Waals surface area contributed by atoms with Crippen LogP contribution in [0.3, 0.4) is 0 Å². The van der Waals surface area contributed by atoms with Gasteiger partial charge in [0.25, 0.3) is 0 Å². The molecule has 0 spiro atoms. The number of amides is 4. The number of hydrogen-bond donors (Lipinski definition) is 9. The van der Waals surface area contributed by atoms with Gasteiger partial charge in [0.05, 0.1) is 19.1 Å². The van der Waals surface area contributed by atoms with E-state index in [2.05, 4.69) is 16.0 Å². The maximum atomic E-state index is 12.5. The molecule has 188 valence electrons. The summed E-state index contributed by atoms with van der Waals surface area (Å²) in [6.07, 6.45) is -0.333. The SMILES string of the molecule is NCCCCC(NC(=O)C(CC(N)=O)NC(=O)C(CO)NC(=O)C(N)CCC(=O)O)C(=O)O. The van der Waals surface area contributed by atoms with Gasteiger partial charge in [-0.25, -0.2) is 4.79 Å². The van der Waals surface area contributed by atoms with Crippen LogP contribution in [0.25, 0.3) is 0 Å². The lowest BCUT2D eigenvalue weighted by Crippen LogP contribution is -2.58. The quantitative estimate of drug-likeness (QED) is 0.0905. The van der Waals surface area contributed by atoms with E-state index in [0.29, 0.717) is 19.4 Å². The summed E-state index contributed by atoms with van der Waals surface area (Å²) < 4.78 is 0. The van der Waals surface area contributed by atoms with Crippen molar-refractivity contribution >= 4 is 35.6 Å². The number of aliphatic hydroxyl groups excluding tert-OH is 1. The average molecular weight is 476 g/mol. The monoisotopic (exact) mass is 476 g/mol. The Morgan fingerprint density at radius 1 is 0.788 bits per heavy atom. The van der Waals surface area contributed by atoms with E-state index >= 15 is 0 Å². The predicted octanol–water partition coefficient (Wildman–Crippen LogP) is -4.29. The molecule has 0 saturated heterocycles. The number of rotatable bonds is 17. The number of unbranched alkanes of at least 4 members (excludes halogenated alkanes) is 1. The van der Waals surface area contributed by atoms with Crippen molar-refractivity contribution in [3.8, 4) is 0 Å². The molecule has 0 aromatic carbocycles. The van der Waals surface area contributed by atoms with Gasteiger partial charge in [-0.3, -0.25) is 24.0 Å². The second kappa shape index (κ2) is 15.5. The summed E-state index contributed by atoms with van der Waals surface area (Å²) in [4.78, 5) is 70.3. The van der Waals surface area contributed by atoms with Gasteiger partial charge in [-0.1, -0.05) is 0 Å². The van der Waals surface area contributed by atoms with Crippen molar-refractivity contribution in [1.29, 1.82) is 0 Å². The topological polar surface area (TPSA) is 277 Å². The first-order valence-electron chi connectivity index (χ1n) is 10.1. The van der Waals surface area contributed by atoms with E-state index in [4.69, 9.17) is 22.3 Å². The Hall–Kier alpha value is -3.30. The van der Waals surface area contributed by atoms with Crippen LogP contribution in [0.1, 0.15) is 38.5 Å². The van der Waals surface area contributed by atoms with Crippen LogP contribution in [0.5, 0.6) is 0 Å². The van der Waals surface area contributed by atoms with Gasteiger partial charge in [0, 0.05) is 6.42 Å². The van der Waals surface area contributed by atoms with Crippen LogP contribution >= 0.6 is 0 Å². The molecule has 0 aromatic heterocycles. The highest BCUT2D eigenvalue weighted by molar-refractivity contribution is 5.96. The maximum Gasteiger partial charge on any atom is 0.326 e. The van der Waals surface area contributed by atoms with Crippen LogP contribution in [0.4, 0.5) is 0 Å². The predicted molar refractivity (Wildman–Crippen MR) is 112 cm³/mol. The Kier molecular flexibility index (Phi) is 13.9. The summed E-state index contributed by atoms with van der Waals surface area (Å²) in [6.45, 7) is -0.583. The number of carbonyl (C=O) groups excluding carboxylic acids is 4. The summed E-state index contributed by atoms with van der Waals surface area (Å²) in [6, 6.07) is -5.76. The first-order chi connectivity index (χ1) is 15.4. The van der Waals surface area contributed by atoms with Gasteiger partial charge in [-0.05, 0) is 32.2 Å². The lowest BCUT2D eigenvalue weighted by molar-refractivity contribution is -0.143. The van der Waals surface area contributed by atoms with Gasteiger partial charge in [0.15, 0.2) is 0 Å². The zero-order valence-corrected chi connectivity index (χ0v) is 18.0. The molecule has 33 heavy (non-hydrogen) atoms. The molecule has 0 aliphatic carbocycles. The van der Waals surface area contributed by atoms with Crippen molar-refractivity contribution in [1.82, 2.24) is 16.0 Å². The molecule has 0 bridgehead atoms. The highest BCUT2D eigenvalue weighted by atomic mass is 16.4. The number of hydrogen-bond acceptors (Lipinski definition) is 9. The minimum Gasteiger partial charge on any atom is -0.481 e. The zero-order chi connectivity index (χ0) is 25.6. The normalized spacial score (nSPS) is 14.3. The summed E-state index contributed by atoms with van der Waals surface area (Å²) in [5.74, 6) is -6.51. The van der Waals surface area contributed by atoms with E-state index < -0.39 is 79.2 Å². The van der Waals surface area contributed by atoms with E-state index in [-0.39, 0.29) is 12.8 Å². The van der Waals surface area contributed by atoms with Crippen molar-refractivity contribution in [2.24, 2.45) is 17.2 Å². The first-order valence-corrected chi connectivity index (χ1v) is 10.1. The molecule has 0 aliphatic heterocycles. The number of carbonyl (C=O) groups is 6. The molecule has 0 aromatic rings. The molecule has 4 amide bonds. The fraction of sp³-hybridized carbons (Fsp3) is 0.667. The molecule has 0 rings (SSSR count). The van der Waals surface area contributed by atoms with Gasteiger partial charge in [-0.15, -0.1) is 0 Å². The van der Waals surface area contributed by atoms with Gasteiger partial charge in [0.1, 0.15) is 18.1 Å². The molecule has 0 saturated carbocycles. The number of aliphatic hydroxyl groups is 1. The fourth-order valence-corrected chi connectivity index (χ4v) is 2.59. The van der Waals surface area contributed by atoms with E-state index in [1.165, 1.54) is 0 Å². The van der Waals surface area contributed by atoms with E-state index in [1.807, 2.05) is 0 Å². The maximum absolute atomic E-state index is 12.5. The van der Waals surface area contributed by atoms with Gasteiger partial charge in [0.2, 0.25) is 23.6 Å². The van der Waals surface area contributed by atoms with Crippen LogP contribution in [0.15, 0.2) is 0 Å². The highest BCUT2D eigenvalue weighted by Crippen LogP contribution is 2.03. The Labute approximate surface area is 189 Å². The van der Waals surface area contributed by atoms with Crippen molar-refractivity contribution < 1.29 is 44.1 Å². The Bertz CT molecular complexity index is 718. The average Bonchev–Trinajstić information content (AvgIpc) is 2.73. The molecule has 4 unspecified atom stereocenters. The Balaban J connectivity index is 5.20. The molecule has 15 nitrogen and oxygen atoms in total. The molecule has 0 radical (unpaired) electrons. The molecular weight excluding hydrogens is 444 g/mol. The third-order valence-corrected chi connectivity index (χ3v) is 4.42. The summed E-state index contributed by atoms with van der Waals surface area (Å²) in [5.41, 5.74) is 16.0. The third-order valence-electron chi connectivity index (χ3n) is 4.42. The number of carboxylic acid groups (broad SMARTS) is 2. The standard InChI is InChI=1S/C18H32N6O9/c19-6-2-1-3-10(18(32)33)22-16(30)11(7-13(21)26)23-17(31)12(8-25)24-15(29)9(20)4-5-14(27)28/h9-12,25H,1-8,19-20H2,(H2,21,26)(H,22,30)(H,23,31)(H,24,29)(H,27,28)(H,32,33). The number of aliphatic carboxylic acids is 2. The van der Waals surface area contributed by atoms with Crippen molar-refractivity contribution in [3.05, 3.63) is 0 Å². The number of nitrogens with one attached hydrogen (secondary N) is 3. The van der Waals surface area contributed by atoms with Crippen LogP contribution in [0.2, 0.25) is 0 Å². The number of nitrogens with two attached hydrogens (primary N) is 3. The summed E-state index contributed by atoms with van der Waals surface area (Å²) in [5, 5.41) is 33.8. The van der Waals surface area contributed by atoms with Crippen molar-refractivity contribution in [2.45, 2.75) is 62.7 Å². The van der Waals surface area contributed by atoms with E-state index in [1.54, 1.807) is 0 Å². The fourth-order valence-electron chi connectivity index (χ4n) is 2.59. The third kappa shape index (κ3) is 12.4. The van der Waals surface area contributed by atoms with Crippen molar-refractivity contribution in [3.63, 3.8) is 0 Å². The largest absolute Gasteiger partial charge is 0.481 e. The highest BCUT2D eigenvalue weighted by Gasteiger charge is 2.31. The minimum atomic E-state index is -1.59. The summed E-state index contributed by atoms with van der Waals surface area (Å²) in [7, 11) is 0. The van der Waals surface area contributed by atoms with E-state index in [0.717, 1.165) is 0 Å². The molecule has 0 aliphatic rings. The summed E-state index contributed by atoms with van der Waals surface area (Å²) >= 11 is 0. The van der Waals surface area contributed by atoms with Gasteiger partial charge >= 0.3 is 11.9 Å². The number of carboxylic acids is 2. The molecule has 0 heterocycles. The van der Waals surface area contributed by atoms with Crippen molar-refractivity contribution in [2.75, 3.05) is 13.2 Å². The Morgan fingerprint density at radius 2 is 1.33 bits per heavy atom. The van der Waals surface area contributed by atoms with Crippen LogP contribution in [-0.4, -0.2) is 88.2 Å². The zero-order valence-electron chi connectivity index (χ0n) is 18.0. The molecule has 0 fully saturated rings. The second-order valence-corrected chi connectivity index (χ2v) is 7.20. The van der Waals surface area contributed by atoms with Gasteiger partial charge < -0.3 is 48.5 Å². The lowest BCUT2D eigenvalue weighted by atomic mass is 10.1. The minimum absolute atomic E-state index is 0.0546. The molecule has 12 N–H and O–H groups in total. The second-order valence-electron chi connectivity index (χ2n) is 7.20. The Morgan fingerprint density at radius 3 is 1.82 bits per heavy atom. The first kappa shape index (κ1) is 29.7.